The fourth-order valence-corrected chi connectivity index (χ4v) is 2.57. The Labute approximate surface area is 106 Å². The van der Waals surface area contributed by atoms with E-state index in [4.69, 9.17) is 0 Å². The molecule has 2 aromatic rings. The van der Waals surface area contributed by atoms with Crippen LogP contribution in [0.4, 0.5) is 13.2 Å². The highest BCUT2D eigenvalue weighted by molar-refractivity contribution is 5.45. The van der Waals surface area contributed by atoms with Gasteiger partial charge in [0.1, 0.15) is 0 Å². The number of halogens is 3. The van der Waals surface area contributed by atoms with E-state index in [1.807, 2.05) is 0 Å². The van der Waals surface area contributed by atoms with E-state index in [1.165, 1.54) is 22.9 Å². The lowest BCUT2D eigenvalue weighted by Gasteiger charge is -2.14. The first kappa shape index (κ1) is 12.1. The minimum absolute atomic E-state index is 0.0183. The summed E-state index contributed by atoms with van der Waals surface area (Å²) in [6.45, 7) is 0. The van der Waals surface area contributed by atoms with E-state index >= 15 is 0 Å². The molecule has 19 heavy (non-hydrogen) atoms. The van der Waals surface area contributed by atoms with Gasteiger partial charge in [0.25, 0.3) is 5.56 Å². The Morgan fingerprint density at radius 3 is 2.63 bits per heavy atom. The molecule has 100 valence electrons. The highest BCUT2D eigenvalue weighted by Crippen LogP contribution is 2.34. The van der Waals surface area contributed by atoms with Gasteiger partial charge in [-0.1, -0.05) is 12.1 Å². The molecular weight excluding hydrogens is 257 g/mol. The van der Waals surface area contributed by atoms with E-state index in [1.54, 1.807) is 0 Å². The van der Waals surface area contributed by atoms with Crippen LogP contribution in [0, 0.1) is 0 Å². The summed E-state index contributed by atoms with van der Waals surface area (Å²) in [5.41, 5.74) is 0.231. The molecule has 1 aromatic heterocycles. The Hall–Kier alpha value is -1.98. The average molecular weight is 268 g/mol. The molecule has 0 saturated carbocycles. The van der Waals surface area contributed by atoms with Crippen molar-refractivity contribution in [3.05, 3.63) is 51.4 Å². The number of H-pyrrole nitrogens is 1. The Bertz CT molecular complexity index is 682. The van der Waals surface area contributed by atoms with Crippen LogP contribution in [-0.4, -0.2) is 9.78 Å². The van der Waals surface area contributed by atoms with Crippen molar-refractivity contribution in [2.24, 2.45) is 0 Å². The lowest BCUT2D eigenvalue weighted by Crippen LogP contribution is -2.14. The molecule has 0 saturated heterocycles. The largest absolute Gasteiger partial charge is 0.418 e. The van der Waals surface area contributed by atoms with Crippen LogP contribution in [0.5, 0.6) is 0 Å². The topological polar surface area (TPSA) is 37.8 Å². The molecule has 1 aliphatic carbocycles. The average Bonchev–Trinajstić information content (AvgIpc) is 2.93. The summed E-state index contributed by atoms with van der Waals surface area (Å²) in [5, 5.41) is 2.50. The number of para-hydroxylation sites is 1. The zero-order valence-corrected chi connectivity index (χ0v) is 9.92. The smallest absolute Gasteiger partial charge is 0.268 e. The lowest BCUT2D eigenvalue weighted by atomic mass is 10.1. The second-order valence-electron chi connectivity index (χ2n) is 4.57. The van der Waals surface area contributed by atoms with E-state index in [0.29, 0.717) is 24.1 Å². The van der Waals surface area contributed by atoms with E-state index in [-0.39, 0.29) is 11.2 Å². The van der Waals surface area contributed by atoms with Crippen molar-refractivity contribution >= 4 is 0 Å². The van der Waals surface area contributed by atoms with Gasteiger partial charge in [-0.25, -0.2) is 0 Å². The van der Waals surface area contributed by atoms with Crippen LogP contribution in [0.25, 0.3) is 5.69 Å². The van der Waals surface area contributed by atoms with E-state index < -0.39 is 11.7 Å². The molecule has 0 spiro atoms. The zero-order chi connectivity index (χ0) is 13.6. The van der Waals surface area contributed by atoms with Crippen molar-refractivity contribution in [3.8, 4) is 5.69 Å². The lowest BCUT2D eigenvalue weighted by molar-refractivity contribution is -0.137. The molecule has 0 radical (unpaired) electrons. The summed E-state index contributed by atoms with van der Waals surface area (Å²) >= 11 is 0. The molecule has 1 N–H and O–H groups in total. The first-order valence-electron chi connectivity index (χ1n) is 5.98. The third kappa shape index (κ3) is 1.87. The van der Waals surface area contributed by atoms with Gasteiger partial charge in [0.15, 0.2) is 0 Å². The number of hydrogen-bond acceptors (Lipinski definition) is 1. The molecule has 0 unspecified atom stereocenters. The predicted octanol–water partition coefficient (Wildman–Crippen LogP) is 2.67. The summed E-state index contributed by atoms with van der Waals surface area (Å²) < 4.78 is 40.2. The van der Waals surface area contributed by atoms with Gasteiger partial charge in [-0.15, -0.1) is 0 Å². The molecular formula is C13H11F3N2O. The van der Waals surface area contributed by atoms with Crippen LogP contribution in [-0.2, 0) is 19.0 Å². The fourth-order valence-electron chi connectivity index (χ4n) is 2.57. The van der Waals surface area contributed by atoms with Crippen molar-refractivity contribution in [1.82, 2.24) is 9.78 Å². The van der Waals surface area contributed by atoms with Gasteiger partial charge in [0.2, 0.25) is 0 Å². The monoisotopic (exact) mass is 268 g/mol. The van der Waals surface area contributed by atoms with Crippen LogP contribution >= 0.6 is 0 Å². The number of aromatic amines is 1. The van der Waals surface area contributed by atoms with Crippen molar-refractivity contribution in [3.63, 3.8) is 0 Å². The molecule has 0 bridgehead atoms. The number of nitrogens with one attached hydrogen (secondary N) is 1. The molecule has 0 fully saturated rings. The minimum Gasteiger partial charge on any atom is -0.268 e. The molecule has 1 heterocycles. The highest BCUT2D eigenvalue weighted by atomic mass is 19.4. The second kappa shape index (κ2) is 4.01. The molecule has 3 nitrogen and oxygen atoms in total. The number of alkyl halides is 3. The summed E-state index contributed by atoms with van der Waals surface area (Å²) in [6, 6.07) is 5.27. The quantitative estimate of drug-likeness (QED) is 0.848. The minimum atomic E-state index is -4.44. The Morgan fingerprint density at radius 2 is 1.89 bits per heavy atom. The van der Waals surface area contributed by atoms with Gasteiger partial charge >= 0.3 is 6.18 Å². The van der Waals surface area contributed by atoms with Crippen LogP contribution in [0.3, 0.4) is 0 Å². The van der Waals surface area contributed by atoms with E-state index in [9.17, 15) is 18.0 Å². The molecule has 0 amide bonds. The molecule has 1 aliphatic rings. The number of aromatic nitrogens is 2. The molecule has 0 atom stereocenters. The summed E-state index contributed by atoms with van der Waals surface area (Å²) in [5.74, 6) is 0. The number of rotatable bonds is 1. The summed E-state index contributed by atoms with van der Waals surface area (Å²) in [6.07, 6.45) is -2.38. The van der Waals surface area contributed by atoms with Gasteiger partial charge in [0.05, 0.1) is 11.3 Å². The molecule has 1 aromatic carbocycles. The van der Waals surface area contributed by atoms with Gasteiger partial charge in [-0.2, -0.15) is 13.2 Å². The third-order valence-electron chi connectivity index (χ3n) is 3.40. The molecule has 0 aliphatic heterocycles. The van der Waals surface area contributed by atoms with Crippen molar-refractivity contribution in [2.75, 3.05) is 0 Å². The standard InChI is InChI=1S/C13H11F3N2O/c14-13(15,16)9-5-1-2-6-11(9)18-10-7-3-4-8(10)12(19)17-18/h1-2,5-6H,3-4,7H2,(H,17,19). The number of nitrogens with zero attached hydrogens (tertiary/aromatic N) is 1. The Kier molecular flexibility index (Phi) is 2.55. The van der Waals surface area contributed by atoms with E-state index in [0.717, 1.165) is 12.5 Å². The van der Waals surface area contributed by atoms with Crippen LogP contribution in [0.2, 0.25) is 0 Å². The number of fused-ring (bicyclic) bond motifs is 1. The Balaban J connectivity index is 2.24. The van der Waals surface area contributed by atoms with Gasteiger partial charge in [-0.05, 0) is 31.4 Å². The highest BCUT2D eigenvalue weighted by Gasteiger charge is 2.35. The summed E-state index contributed by atoms with van der Waals surface area (Å²) in [7, 11) is 0. The third-order valence-corrected chi connectivity index (χ3v) is 3.40. The second-order valence-corrected chi connectivity index (χ2v) is 4.57. The van der Waals surface area contributed by atoms with Crippen molar-refractivity contribution in [2.45, 2.75) is 25.4 Å². The van der Waals surface area contributed by atoms with Crippen molar-refractivity contribution in [1.29, 1.82) is 0 Å². The zero-order valence-electron chi connectivity index (χ0n) is 9.92. The molecule has 6 heteroatoms. The normalized spacial score (nSPS) is 14.7. The number of hydrogen-bond donors (Lipinski definition) is 1. The number of benzene rings is 1. The van der Waals surface area contributed by atoms with Crippen LogP contribution in [0.1, 0.15) is 23.2 Å². The van der Waals surface area contributed by atoms with Crippen LogP contribution < -0.4 is 5.56 Å². The maximum atomic E-state index is 13.0. The fraction of sp³-hybridized carbons (Fsp3) is 0.308. The van der Waals surface area contributed by atoms with Gasteiger partial charge in [-0.3, -0.25) is 14.6 Å². The predicted molar refractivity (Wildman–Crippen MR) is 63.4 cm³/mol. The maximum absolute atomic E-state index is 13.0. The Morgan fingerprint density at radius 1 is 1.16 bits per heavy atom. The van der Waals surface area contributed by atoms with Crippen LogP contribution in [0.15, 0.2) is 29.1 Å². The summed E-state index contributed by atoms with van der Waals surface area (Å²) in [4.78, 5) is 11.7. The SMILES string of the molecule is O=c1[nH]n(-c2ccccc2C(F)(F)F)c2c1CCC2. The van der Waals surface area contributed by atoms with Gasteiger partial charge < -0.3 is 0 Å². The van der Waals surface area contributed by atoms with Crippen molar-refractivity contribution < 1.29 is 13.2 Å². The first-order valence-corrected chi connectivity index (χ1v) is 5.98. The molecule has 3 rings (SSSR count). The first-order chi connectivity index (χ1) is 8.98. The van der Waals surface area contributed by atoms with Gasteiger partial charge in [0, 0.05) is 11.3 Å². The van der Waals surface area contributed by atoms with E-state index in [2.05, 4.69) is 5.10 Å². The maximum Gasteiger partial charge on any atom is 0.418 e.